The molecular weight excluding hydrogens is 284 g/mol. The average molecular weight is 310 g/mol. The second-order valence-corrected chi connectivity index (χ2v) is 3.55. The first-order valence-corrected chi connectivity index (χ1v) is 6.49. The van der Waals surface area contributed by atoms with Crippen LogP contribution in [-0.2, 0) is 23.7 Å². The Hall–Kier alpha value is -1.03. The summed E-state index contributed by atoms with van der Waals surface area (Å²) in [6.07, 6.45) is 1.68. The minimum absolute atomic E-state index is 0.0258. The molecule has 0 bridgehead atoms. The highest BCUT2D eigenvalue weighted by Crippen LogP contribution is 1.86. The lowest BCUT2D eigenvalue weighted by molar-refractivity contribution is -0.131. The molecule has 0 amide bonds. The van der Waals surface area contributed by atoms with E-state index in [1.165, 1.54) is 13.2 Å². The molecule has 1 atom stereocenters. The van der Waals surface area contributed by atoms with Gasteiger partial charge in [-0.1, -0.05) is 6.08 Å². The zero-order valence-corrected chi connectivity index (χ0v) is 12.6. The van der Waals surface area contributed by atoms with Crippen LogP contribution in [0.15, 0.2) is 12.2 Å². The number of carboxylic acid groups (broad SMARTS) is 1. The van der Waals surface area contributed by atoms with E-state index in [1.54, 1.807) is 6.92 Å². The van der Waals surface area contributed by atoms with Crippen LogP contribution in [0.25, 0.3) is 0 Å². The van der Waals surface area contributed by atoms with Gasteiger partial charge in [-0.25, -0.2) is 4.79 Å². The summed E-state index contributed by atoms with van der Waals surface area (Å²) >= 11 is 0. The zero-order valence-electron chi connectivity index (χ0n) is 12.6. The second-order valence-electron chi connectivity index (χ2n) is 3.55. The highest BCUT2D eigenvalue weighted by molar-refractivity contribution is 5.79. The largest absolute Gasteiger partial charge is 0.478 e. The van der Waals surface area contributed by atoms with E-state index in [4.69, 9.17) is 29.5 Å². The quantitative estimate of drug-likeness (QED) is 0.254. The van der Waals surface area contributed by atoms with E-state index in [-0.39, 0.29) is 13.2 Å². The summed E-state index contributed by atoms with van der Waals surface area (Å²) in [6.45, 7) is 3.93. The molecule has 1 unspecified atom stereocenters. The van der Waals surface area contributed by atoms with Crippen molar-refractivity contribution in [1.29, 1.82) is 0 Å². The van der Waals surface area contributed by atoms with Crippen molar-refractivity contribution in [3.8, 4) is 0 Å². The monoisotopic (exact) mass is 310 g/mol. The first kappa shape index (κ1) is 22.3. The second kappa shape index (κ2) is 19.0. The van der Waals surface area contributed by atoms with Crippen molar-refractivity contribution in [2.75, 3.05) is 53.4 Å². The van der Waals surface area contributed by atoms with E-state index < -0.39 is 12.3 Å². The number of allylic oxidation sites excluding steroid dienone is 1. The number of carboxylic acids is 1. The van der Waals surface area contributed by atoms with Gasteiger partial charge in [0.1, 0.15) is 0 Å². The van der Waals surface area contributed by atoms with Crippen molar-refractivity contribution in [3.63, 3.8) is 0 Å². The van der Waals surface area contributed by atoms with E-state index in [9.17, 15) is 4.79 Å². The molecule has 126 valence electrons. The van der Waals surface area contributed by atoms with Gasteiger partial charge in [0, 0.05) is 13.2 Å². The number of hydrogen-bond donors (Lipinski definition) is 3. The lowest BCUT2D eigenvalue weighted by Gasteiger charge is -2.09. The molecule has 0 aromatic heterocycles. The molecule has 8 heteroatoms. The molecule has 21 heavy (non-hydrogen) atoms. The van der Waals surface area contributed by atoms with E-state index in [0.717, 1.165) is 6.08 Å². The molecule has 0 rings (SSSR count). The Morgan fingerprint density at radius 2 is 1.62 bits per heavy atom. The molecule has 0 aliphatic rings. The summed E-state index contributed by atoms with van der Waals surface area (Å²) < 4.78 is 19.7. The lowest BCUT2D eigenvalue weighted by atomic mass is 10.5. The van der Waals surface area contributed by atoms with Crippen molar-refractivity contribution >= 4 is 5.97 Å². The number of aliphatic hydroxyl groups excluding tert-OH is 2. The summed E-state index contributed by atoms with van der Waals surface area (Å²) in [5, 5.41) is 25.1. The van der Waals surface area contributed by atoms with Crippen molar-refractivity contribution in [2.45, 2.75) is 13.2 Å². The maximum absolute atomic E-state index is 9.51. The zero-order chi connectivity index (χ0) is 16.3. The fourth-order valence-electron chi connectivity index (χ4n) is 0.899. The Kier molecular flexibility index (Phi) is 20.1. The summed E-state index contributed by atoms with van der Waals surface area (Å²) in [7, 11) is 1.41. The molecule has 0 heterocycles. The van der Waals surface area contributed by atoms with Gasteiger partial charge in [-0.05, 0) is 6.92 Å². The normalized spacial score (nSPS) is 12.0. The molecule has 0 aromatic rings. The Morgan fingerprint density at radius 3 is 2.00 bits per heavy atom. The smallest absolute Gasteiger partial charge is 0.327 e. The number of aliphatic hydroxyl groups is 2. The molecule has 3 N–H and O–H groups in total. The maximum atomic E-state index is 9.51. The van der Waals surface area contributed by atoms with Crippen LogP contribution in [0.1, 0.15) is 6.92 Å². The topological polar surface area (TPSA) is 115 Å². The van der Waals surface area contributed by atoms with Crippen LogP contribution >= 0.6 is 0 Å². The summed E-state index contributed by atoms with van der Waals surface area (Å²) in [4.78, 5) is 9.51. The lowest BCUT2D eigenvalue weighted by Crippen LogP contribution is -2.19. The van der Waals surface area contributed by atoms with Gasteiger partial charge in [0.25, 0.3) is 0 Å². The molecule has 0 aromatic carbocycles. The maximum Gasteiger partial charge on any atom is 0.327 e. The van der Waals surface area contributed by atoms with E-state index in [2.05, 4.69) is 4.74 Å². The molecular formula is C13H26O8. The Labute approximate surface area is 124 Å². The molecule has 0 saturated carbocycles. The molecule has 0 radical (unpaired) electrons. The molecule has 0 saturated heterocycles. The SMILES string of the molecule is CC=CC(=O)O.COC(O)COCCOCCOCCO. The van der Waals surface area contributed by atoms with Gasteiger partial charge >= 0.3 is 5.97 Å². The van der Waals surface area contributed by atoms with Gasteiger partial charge < -0.3 is 34.3 Å². The number of aliphatic carboxylic acids is 1. The van der Waals surface area contributed by atoms with Gasteiger partial charge in [0.15, 0.2) is 6.29 Å². The van der Waals surface area contributed by atoms with Crippen LogP contribution in [0, 0.1) is 0 Å². The molecule has 0 aliphatic heterocycles. The minimum atomic E-state index is -0.891. The van der Waals surface area contributed by atoms with E-state index in [1.807, 2.05) is 0 Å². The van der Waals surface area contributed by atoms with E-state index >= 15 is 0 Å². The highest BCUT2D eigenvalue weighted by atomic mass is 16.6. The van der Waals surface area contributed by atoms with Crippen LogP contribution in [0.2, 0.25) is 0 Å². The standard InChI is InChI=1S/C9H20O6.C4H6O2/c1-12-9(11)8-15-7-6-14-5-4-13-3-2-10;1-2-3-4(5)6/h9-11H,2-8H2,1H3;2-3H,1H3,(H,5,6). The predicted molar refractivity (Wildman–Crippen MR) is 75.0 cm³/mol. The third kappa shape index (κ3) is 24.4. The molecule has 0 spiro atoms. The van der Waals surface area contributed by atoms with Crippen LogP contribution in [0.4, 0.5) is 0 Å². The predicted octanol–water partition coefficient (Wildman–Crippen LogP) is -0.360. The molecule has 0 aliphatic carbocycles. The fourth-order valence-corrected chi connectivity index (χ4v) is 0.899. The van der Waals surface area contributed by atoms with Gasteiger partial charge in [0.2, 0.25) is 0 Å². The number of hydrogen-bond acceptors (Lipinski definition) is 7. The Balaban J connectivity index is 0. The number of carbonyl (C=O) groups is 1. The van der Waals surface area contributed by atoms with Gasteiger partial charge in [-0.2, -0.15) is 0 Å². The first-order valence-electron chi connectivity index (χ1n) is 6.49. The van der Waals surface area contributed by atoms with Gasteiger partial charge in [-0.15, -0.1) is 0 Å². The van der Waals surface area contributed by atoms with Gasteiger partial charge in [0.05, 0.1) is 46.2 Å². The van der Waals surface area contributed by atoms with Gasteiger partial charge in [-0.3, -0.25) is 0 Å². The van der Waals surface area contributed by atoms with Crippen molar-refractivity contribution in [1.82, 2.24) is 0 Å². The Bertz CT molecular complexity index is 244. The van der Waals surface area contributed by atoms with Crippen molar-refractivity contribution in [2.24, 2.45) is 0 Å². The van der Waals surface area contributed by atoms with Crippen molar-refractivity contribution in [3.05, 3.63) is 12.2 Å². The summed E-state index contributed by atoms with van der Waals surface area (Å²) in [5.41, 5.74) is 0. The van der Waals surface area contributed by atoms with Crippen LogP contribution in [-0.4, -0.2) is 80.9 Å². The summed E-state index contributed by atoms with van der Waals surface area (Å²) in [6, 6.07) is 0. The third-order valence-corrected chi connectivity index (χ3v) is 1.82. The summed E-state index contributed by atoms with van der Waals surface area (Å²) in [5.74, 6) is -0.891. The minimum Gasteiger partial charge on any atom is -0.478 e. The number of ether oxygens (including phenoxy) is 4. The van der Waals surface area contributed by atoms with Crippen LogP contribution in [0.3, 0.4) is 0 Å². The number of methoxy groups -OCH3 is 1. The Morgan fingerprint density at radius 1 is 1.10 bits per heavy atom. The number of rotatable bonds is 12. The van der Waals surface area contributed by atoms with Crippen LogP contribution in [0.5, 0.6) is 0 Å². The van der Waals surface area contributed by atoms with Crippen molar-refractivity contribution < 1.29 is 39.1 Å². The first-order chi connectivity index (χ1) is 10.1. The average Bonchev–Trinajstić information content (AvgIpc) is 2.45. The van der Waals surface area contributed by atoms with Crippen LogP contribution < -0.4 is 0 Å². The third-order valence-electron chi connectivity index (χ3n) is 1.82. The highest BCUT2D eigenvalue weighted by Gasteiger charge is 1.99. The molecule has 8 nitrogen and oxygen atoms in total. The van der Waals surface area contributed by atoms with E-state index in [0.29, 0.717) is 33.0 Å². The fraction of sp³-hybridized carbons (Fsp3) is 0.769. The molecule has 0 fully saturated rings.